The van der Waals surface area contributed by atoms with E-state index in [9.17, 15) is 0 Å². The molecular formula is C16H5B22N3O2. The van der Waals surface area contributed by atoms with Crippen LogP contribution in [0, 0.1) is 0 Å². The standard InChI is InChI=1S/C16H5B22N3O2/c17-7(18,39-15(33,34)35)8(19,20)41-11(25,26)9(21,22)40(10(23,24)12(41,27)28)5-1-3-6(4-2-5)42-13(29,30)14(31,32)43-16(36,37)38/h1-4,39H. The topological polar surface area (TPSA) is 37.0 Å². The Morgan fingerprint density at radius 1 is 0.558 bits per heavy atom. The van der Waals surface area contributed by atoms with Crippen molar-refractivity contribution in [2.75, 3.05) is 4.90 Å². The smallest absolute Gasteiger partial charge is 0.118 e. The van der Waals surface area contributed by atoms with Gasteiger partial charge in [-0.15, -0.1) is 0 Å². The normalized spacial score (nSPS) is 21.1. The van der Waals surface area contributed by atoms with E-state index >= 15 is 0 Å². The van der Waals surface area contributed by atoms with Gasteiger partial charge in [-0.25, -0.2) is 0 Å². The largest absolute Gasteiger partial charge is 0.506 e. The van der Waals surface area contributed by atoms with Crippen LogP contribution in [0.25, 0.3) is 0 Å². The third kappa shape index (κ3) is 7.19. The van der Waals surface area contributed by atoms with Crippen molar-refractivity contribution in [2.45, 2.75) is 53.4 Å². The van der Waals surface area contributed by atoms with Crippen LogP contribution in [0.1, 0.15) is 0 Å². The zero-order valence-corrected chi connectivity index (χ0v) is 23.2. The summed E-state index contributed by atoms with van der Waals surface area (Å²) >= 11 is 0. The monoisotopic (exact) mass is 513 g/mol. The molecule has 1 fully saturated rings. The van der Waals surface area contributed by atoms with Gasteiger partial charge in [0.15, 0.2) is 0 Å². The lowest BCUT2D eigenvalue weighted by molar-refractivity contribution is 0.00241. The number of piperazine rings is 1. The minimum atomic E-state index is -2.76. The maximum absolute atomic E-state index is 6.44. The maximum atomic E-state index is 6.44. The molecule has 5 nitrogen and oxygen atoms in total. The van der Waals surface area contributed by atoms with Gasteiger partial charge < -0.3 is 24.6 Å². The van der Waals surface area contributed by atoms with E-state index in [-0.39, 0.29) is 11.4 Å². The Hall–Kier alpha value is 0.129. The molecule has 27 heteroatoms. The molecule has 0 aliphatic carbocycles. The van der Waals surface area contributed by atoms with Crippen molar-refractivity contribution in [3.05, 3.63) is 24.3 Å². The van der Waals surface area contributed by atoms with Crippen LogP contribution in [0.4, 0.5) is 5.69 Å². The van der Waals surface area contributed by atoms with Crippen LogP contribution in [0.5, 0.6) is 5.75 Å². The Morgan fingerprint density at radius 2 is 0.953 bits per heavy atom. The summed E-state index contributed by atoms with van der Waals surface area (Å²) in [6.07, 6.45) is 0. The molecule has 0 amide bonds. The van der Waals surface area contributed by atoms with Gasteiger partial charge >= 0.3 is 0 Å². The Bertz CT molecular complexity index is 1130. The van der Waals surface area contributed by atoms with Gasteiger partial charge in [-0.2, -0.15) is 0 Å². The van der Waals surface area contributed by atoms with Crippen molar-refractivity contribution >= 4 is 178 Å². The fourth-order valence-corrected chi connectivity index (χ4v) is 4.32. The van der Waals surface area contributed by atoms with Gasteiger partial charge in [0, 0.05) is 16.5 Å². The number of nitrogens with one attached hydrogen (secondary N) is 1. The van der Waals surface area contributed by atoms with Crippen LogP contribution in [-0.2, 0) is 4.74 Å². The average molecular weight is 509 g/mol. The van der Waals surface area contributed by atoms with E-state index in [2.05, 4.69) is 5.32 Å². The quantitative estimate of drug-likeness (QED) is 0.318. The molecule has 0 atom stereocenters. The maximum Gasteiger partial charge on any atom is 0.118 e. The molecule has 0 saturated carbocycles. The van der Waals surface area contributed by atoms with E-state index in [0.29, 0.717) is 4.90 Å². The summed E-state index contributed by atoms with van der Waals surface area (Å²) in [5, 5.41) is -23.3. The summed E-state index contributed by atoms with van der Waals surface area (Å²) in [7, 11) is 132. The summed E-state index contributed by atoms with van der Waals surface area (Å²) < 4.78 is 10.3. The van der Waals surface area contributed by atoms with E-state index in [1.807, 2.05) is 0 Å². The first-order chi connectivity index (χ1) is 18.6. The van der Waals surface area contributed by atoms with Crippen LogP contribution >= 0.6 is 0 Å². The first-order valence-corrected chi connectivity index (χ1v) is 11.8. The number of anilines is 1. The van der Waals surface area contributed by atoms with E-state index in [1.54, 1.807) is 0 Å². The first kappa shape index (κ1) is 39.3. The molecule has 1 heterocycles. The van der Waals surface area contributed by atoms with Crippen LogP contribution in [0.2, 0.25) is 0 Å². The number of hydrogen-bond acceptors (Lipinski definition) is 5. The third-order valence-corrected chi connectivity index (χ3v) is 6.56. The number of hydrogen-bond donors (Lipinski definition) is 1. The average Bonchev–Trinajstić information content (AvgIpc) is 2.69. The predicted molar refractivity (Wildman–Crippen MR) is 190 cm³/mol. The van der Waals surface area contributed by atoms with Crippen LogP contribution in [-0.4, -0.2) is 231 Å². The molecule has 0 bridgehead atoms. The van der Waals surface area contributed by atoms with Crippen LogP contribution in [0.3, 0.4) is 0 Å². The fraction of sp³-hybridized carbons (Fsp3) is 0.625. The highest BCUT2D eigenvalue weighted by molar-refractivity contribution is 6.65. The van der Waals surface area contributed by atoms with E-state index < -0.39 is 53.4 Å². The summed E-state index contributed by atoms with van der Waals surface area (Å²) in [6.45, 7) is 0. The molecule has 0 unspecified atom stereocenters. The lowest BCUT2D eigenvalue weighted by atomic mass is 9.23. The summed E-state index contributed by atoms with van der Waals surface area (Å²) in [5.74, 6) is -0.0791. The van der Waals surface area contributed by atoms with E-state index in [4.69, 9.17) is 182 Å². The molecule has 1 aliphatic rings. The van der Waals surface area contributed by atoms with Gasteiger partial charge in [-0.3, -0.25) is 0 Å². The van der Waals surface area contributed by atoms with Crippen molar-refractivity contribution in [1.29, 1.82) is 0 Å². The molecular weight excluding hydrogens is 504 g/mol. The lowest BCUT2D eigenvalue weighted by Crippen LogP contribution is -2.97. The van der Waals surface area contributed by atoms with Crippen molar-refractivity contribution < 1.29 is 9.47 Å². The fourth-order valence-electron chi connectivity index (χ4n) is 4.32. The zero-order valence-electron chi connectivity index (χ0n) is 23.2. The second-order valence-electron chi connectivity index (χ2n) is 10.9. The second kappa shape index (κ2) is 11.4. The third-order valence-electron chi connectivity index (χ3n) is 6.56. The Labute approximate surface area is 285 Å². The second-order valence-corrected chi connectivity index (χ2v) is 10.9. The van der Waals surface area contributed by atoms with Gasteiger partial charge in [0.05, 0.1) is 141 Å². The summed E-state index contributed by atoms with van der Waals surface area (Å²) in [6, 6.07) is 5.03. The zero-order chi connectivity index (χ0) is 34.3. The molecule has 0 aromatic heterocycles. The highest BCUT2D eigenvalue weighted by Gasteiger charge is 2.64. The molecule has 43 heavy (non-hydrogen) atoms. The number of ether oxygens (including phenoxy) is 2. The Balaban J connectivity index is 2.60. The van der Waals surface area contributed by atoms with E-state index in [1.165, 1.54) is 24.3 Å². The Morgan fingerprint density at radius 3 is 1.30 bits per heavy atom. The van der Waals surface area contributed by atoms with Crippen molar-refractivity contribution in [3.8, 4) is 5.75 Å². The molecule has 1 aromatic carbocycles. The van der Waals surface area contributed by atoms with Gasteiger partial charge in [0.2, 0.25) is 0 Å². The van der Waals surface area contributed by atoms with Crippen molar-refractivity contribution in [1.82, 2.24) is 10.2 Å². The molecule has 44 radical (unpaired) electrons. The minimum Gasteiger partial charge on any atom is -0.506 e. The van der Waals surface area contributed by atoms with Gasteiger partial charge in [0.1, 0.15) is 37.1 Å². The first-order valence-electron chi connectivity index (χ1n) is 11.8. The Kier molecular flexibility index (Phi) is 10.4. The van der Waals surface area contributed by atoms with Crippen molar-refractivity contribution in [3.63, 3.8) is 0 Å². The molecule has 2 rings (SSSR count). The minimum absolute atomic E-state index is 0.0236. The van der Waals surface area contributed by atoms with E-state index in [0.717, 1.165) is 4.90 Å². The van der Waals surface area contributed by atoms with Crippen LogP contribution < -0.4 is 15.0 Å². The van der Waals surface area contributed by atoms with Gasteiger partial charge in [0.25, 0.3) is 0 Å². The molecule has 1 saturated heterocycles. The summed E-state index contributed by atoms with van der Waals surface area (Å²) in [5.41, 5.74) is -0.0236. The number of benzene rings is 1. The van der Waals surface area contributed by atoms with Crippen LogP contribution in [0.15, 0.2) is 24.3 Å². The summed E-state index contributed by atoms with van der Waals surface area (Å²) in [4.78, 5) is 1.33. The number of rotatable bonds is 10. The van der Waals surface area contributed by atoms with Crippen molar-refractivity contribution in [2.24, 2.45) is 0 Å². The van der Waals surface area contributed by atoms with Gasteiger partial charge in [-0.05, 0) is 50.9 Å². The highest BCUT2D eigenvalue weighted by Crippen LogP contribution is 2.48. The van der Waals surface area contributed by atoms with Gasteiger partial charge in [-0.1, -0.05) is 15.9 Å². The lowest BCUT2D eigenvalue weighted by Gasteiger charge is -2.81. The molecule has 0 spiro atoms. The molecule has 1 N–H and O–H groups in total. The highest BCUT2D eigenvalue weighted by atomic mass is 16.6. The molecule has 162 valence electrons. The predicted octanol–water partition coefficient (Wildman–Crippen LogP) is -10.0. The number of nitrogens with zero attached hydrogens (tertiary/aromatic N) is 2. The SMILES string of the molecule is [B]C([B])([B])NC([B])([B])C([B])([B])N1C([B])([B])C([B])([B])N(c2ccc(OC([B])([B])C([B])([B])OC([B])([B])[B])cc2)C([B])([B])C1([B])[B]. The molecule has 1 aromatic rings. The molecule has 1 aliphatic heterocycles.